The number of aryl methyl sites for hydroxylation is 1. The number of carbonyl (C=O) groups is 1. The molecule has 0 atom stereocenters. The monoisotopic (exact) mass is 378 g/mol. The molecule has 0 spiro atoms. The zero-order valence-corrected chi connectivity index (χ0v) is 15.7. The molecule has 1 aliphatic heterocycles. The van der Waals surface area contributed by atoms with Gasteiger partial charge in [-0.1, -0.05) is 35.5 Å². The number of para-hydroxylation sites is 3. The van der Waals surface area contributed by atoms with Crippen molar-refractivity contribution in [2.24, 2.45) is 0 Å². The minimum Gasteiger partial charge on any atom is -0.455 e. The molecule has 3 aromatic rings. The van der Waals surface area contributed by atoms with E-state index in [-0.39, 0.29) is 6.03 Å². The minimum absolute atomic E-state index is 0.165. The minimum atomic E-state index is -0.165. The molecule has 0 unspecified atom stereocenters. The fourth-order valence-electron chi connectivity index (χ4n) is 3.18. The van der Waals surface area contributed by atoms with E-state index in [4.69, 9.17) is 9.26 Å². The number of aromatic nitrogens is 1. The van der Waals surface area contributed by atoms with Gasteiger partial charge in [0.2, 0.25) is 0 Å². The summed E-state index contributed by atoms with van der Waals surface area (Å²) in [5.41, 5.74) is 1.03. The number of anilines is 2. The van der Waals surface area contributed by atoms with Crippen molar-refractivity contribution in [1.82, 2.24) is 10.1 Å². The van der Waals surface area contributed by atoms with Gasteiger partial charge in [0, 0.05) is 32.2 Å². The zero-order valence-electron chi connectivity index (χ0n) is 15.7. The Labute approximate surface area is 163 Å². The zero-order chi connectivity index (χ0) is 19.3. The third-order valence-electron chi connectivity index (χ3n) is 4.61. The van der Waals surface area contributed by atoms with Crippen molar-refractivity contribution in [2.75, 3.05) is 36.4 Å². The molecule has 1 aromatic heterocycles. The van der Waals surface area contributed by atoms with Crippen LogP contribution in [0.25, 0.3) is 0 Å². The lowest BCUT2D eigenvalue weighted by Crippen LogP contribution is -2.50. The second-order valence-electron chi connectivity index (χ2n) is 6.61. The fourth-order valence-corrected chi connectivity index (χ4v) is 3.18. The number of nitrogens with one attached hydrogen (secondary N) is 1. The van der Waals surface area contributed by atoms with Crippen LogP contribution in [0.3, 0.4) is 0 Å². The number of amides is 2. The third-order valence-corrected chi connectivity index (χ3v) is 4.61. The van der Waals surface area contributed by atoms with Crippen molar-refractivity contribution in [3.05, 3.63) is 66.4 Å². The van der Waals surface area contributed by atoms with Crippen LogP contribution >= 0.6 is 0 Å². The summed E-state index contributed by atoms with van der Waals surface area (Å²) >= 11 is 0. The van der Waals surface area contributed by atoms with Gasteiger partial charge >= 0.3 is 6.03 Å². The van der Waals surface area contributed by atoms with E-state index in [1.54, 1.807) is 17.9 Å². The second-order valence-corrected chi connectivity index (χ2v) is 6.61. The molecular weight excluding hydrogens is 356 g/mol. The molecule has 2 aromatic carbocycles. The Morgan fingerprint density at radius 1 is 1.04 bits per heavy atom. The summed E-state index contributed by atoms with van der Waals surface area (Å²) in [4.78, 5) is 16.4. The molecule has 2 amide bonds. The lowest BCUT2D eigenvalue weighted by atomic mass is 10.2. The Morgan fingerprint density at radius 2 is 1.75 bits per heavy atom. The quantitative estimate of drug-likeness (QED) is 0.739. The first-order chi connectivity index (χ1) is 13.7. The van der Waals surface area contributed by atoms with Gasteiger partial charge in [-0.25, -0.2) is 4.79 Å². The molecule has 1 N–H and O–H groups in total. The van der Waals surface area contributed by atoms with Crippen molar-refractivity contribution in [1.29, 1.82) is 0 Å². The van der Waals surface area contributed by atoms with E-state index in [1.165, 1.54) is 0 Å². The Kier molecular flexibility index (Phi) is 5.14. The lowest BCUT2D eigenvalue weighted by Gasteiger charge is -2.36. The summed E-state index contributed by atoms with van der Waals surface area (Å²) in [6.45, 7) is 4.46. The molecule has 7 heteroatoms. The maximum absolute atomic E-state index is 12.4. The number of ether oxygens (including phenoxy) is 1. The molecule has 0 bridgehead atoms. The highest BCUT2D eigenvalue weighted by Gasteiger charge is 2.23. The van der Waals surface area contributed by atoms with E-state index in [2.05, 4.69) is 15.4 Å². The molecule has 144 valence electrons. The van der Waals surface area contributed by atoms with E-state index in [0.29, 0.717) is 24.7 Å². The highest BCUT2D eigenvalue weighted by molar-refractivity contribution is 5.88. The number of benzene rings is 2. The Balaban J connectivity index is 1.39. The number of nitrogens with zero attached hydrogens (tertiary/aromatic N) is 3. The number of urea groups is 1. The summed E-state index contributed by atoms with van der Waals surface area (Å²) in [5.74, 6) is 2.71. The lowest BCUT2D eigenvalue weighted by molar-refractivity contribution is 0.208. The van der Waals surface area contributed by atoms with E-state index in [9.17, 15) is 4.79 Å². The number of hydrogen-bond acceptors (Lipinski definition) is 5. The van der Waals surface area contributed by atoms with Gasteiger partial charge in [0.25, 0.3) is 0 Å². The standard InChI is InChI=1S/C21H22N4O3/c1-16-15-20(23-28-16)22-21(26)25-13-11-24(12-14-25)18-9-5-6-10-19(18)27-17-7-3-2-4-8-17/h2-10,15H,11-14H2,1H3,(H,22,23,26). The number of piperazine rings is 1. The van der Waals surface area contributed by atoms with Crippen molar-refractivity contribution in [3.63, 3.8) is 0 Å². The Hall–Kier alpha value is -3.48. The highest BCUT2D eigenvalue weighted by atomic mass is 16.5. The molecule has 0 aliphatic carbocycles. The number of rotatable bonds is 4. The molecular formula is C21H22N4O3. The molecule has 28 heavy (non-hydrogen) atoms. The van der Waals surface area contributed by atoms with Gasteiger partial charge in [0.05, 0.1) is 5.69 Å². The predicted octanol–water partition coefficient (Wildman–Crippen LogP) is 4.13. The SMILES string of the molecule is Cc1cc(NC(=O)N2CCN(c3ccccc3Oc3ccccc3)CC2)no1. The van der Waals surface area contributed by atoms with Gasteiger partial charge in [-0.05, 0) is 31.2 Å². The molecule has 1 aliphatic rings. The normalized spacial score (nSPS) is 14.0. The van der Waals surface area contributed by atoms with Gasteiger partial charge in [0.1, 0.15) is 11.5 Å². The van der Waals surface area contributed by atoms with Gasteiger partial charge < -0.3 is 19.1 Å². The first kappa shape index (κ1) is 17.9. The number of carbonyl (C=O) groups excluding carboxylic acids is 1. The van der Waals surface area contributed by atoms with Crippen LogP contribution in [-0.4, -0.2) is 42.3 Å². The summed E-state index contributed by atoms with van der Waals surface area (Å²) < 4.78 is 11.0. The van der Waals surface area contributed by atoms with Crippen molar-refractivity contribution in [2.45, 2.75) is 6.92 Å². The largest absolute Gasteiger partial charge is 0.455 e. The van der Waals surface area contributed by atoms with E-state index in [0.717, 1.165) is 30.3 Å². The van der Waals surface area contributed by atoms with E-state index < -0.39 is 0 Å². The summed E-state index contributed by atoms with van der Waals surface area (Å²) in [6, 6.07) is 19.2. The smallest absolute Gasteiger partial charge is 0.323 e. The third kappa shape index (κ3) is 4.09. The van der Waals surface area contributed by atoms with Crippen LogP contribution in [0.15, 0.2) is 65.2 Å². The van der Waals surface area contributed by atoms with E-state index >= 15 is 0 Å². The molecule has 0 saturated carbocycles. The van der Waals surface area contributed by atoms with Crippen LogP contribution in [0.4, 0.5) is 16.3 Å². The van der Waals surface area contributed by atoms with Gasteiger partial charge in [-0.3, -0.25) is 5.32 Å². The summed E-state index contributed by atoms with van der Waals surface area (Å²) in [7, 11) is 0. The number of hydrogen-bond donors (Lipinski definition) is 1. The first-order valence-electron chi connectivity index (χ1n) is 9.25. The molecule has 0 radical (unpaired) electrons. The fraction of sp³-hybridized carbons (Fsp3) is 0.238. The first-order valence-corrected chi connectivity index (χ1v) is 9.25. The van der Waals surface area contributed by atoms with Crippen LogP contribution < -0.4 is 15.0 Å². The van der Waals surface area contributed by atoms with Crippen molar-refractivity contribution >= 4 is 17.5 Å². The average Bonchev–Trinajstić information content (AvgIpc) is 3.14. The van der Waals surface area contributed by atoms with Crippen LogP contribution in [-0.2, 0) is 0 Å². The summed E-state index contributed by atoms with van der Waals surface area (Å²) in [6.07, 6.45) is 0. The van der Waals surface area contributed by atoms with Gasteiger partial charge in [-0.15, -0.1) is 0 Å². The maximum atomic E-state index is 12.4. The van der Waals surface area contributed by atoms with Crippen LogP contribution in [0, 0.1) is 6.92 Å². The maximum Gasteiger partial charge on any atom is 0.323 e. The molecule has 1 saturated heterocycles. The molecule has 4 rings (SSSR count). The highest BCUT2D eigenvalue weighted by Crippen LogP contribution is 2.32. The predicted molar refractivity (Wildman–Crippen MR) is 107 cm³/mol. The Morgan fingerprint density at radius 3 is 2.46 bits per heavy atom. The second kappa shape index (κ2) is 8.04. The van der Waals surface area contributed by atoms with Crippen LogP contribution in [0.2, 0.25) is 0 Å². The Bertz CT molecular complexity index is 934. The summed E-state index contributed by atoms with van der Waals surface area (Å²) in [5, 5.41) is 6.57. The topological polar surface area (TPSA) is 70.8 Å². The van der Waals surface area contributed by atoms with Gasteiger partial charge in [0.15, 0.2) is 11.6 Å². The molecule has 1 fully saturated rings. The van der Waals surface area contributed by atoms with E-state index in [1.807, 2.05) is 54.6 Å². The van der Waals surface area contributed by atoms with Gasteiger partial charge in [-0.2, -0.15) is 0 Å². The van der Waals surface area contributed by atoms with Crippen molar-refractivity contribution in [3.8, 4) is 11.5 Å². The molecule has 7 nitrogen and oxygen atoms in total. The van der Waals surface area contributed by atoms with Crippen LogP contribution in [0.1, 0.15) is 5.76 Å². The average molecular weight is 378 g/mol. The van der Waals surface area contributed by atoms with Crippen molar-refractivity contribution < 1.29 is 14.1 Å². The van der Waals surface area contributed by atoms with Crippen LogP contribution in [0.5, 0.6) is 11.5 Å². The molecule has 2 heterocycles.